The summed E-state index contributed by atoms with van der Waals surface area (Å²) in [6, 6.07) is -0.0845. The van der Waals surface area contributed by atoms with E-state index in [1.807, 2.05) is 0 Å². The first-order valence-electron chi connectivity index (χ1n) is 5.60. The number of nitro groups is 1. The maximum Gasteiger partial charge on any atom is 0.310 e. The van der Waals surface area contributed by atoms with Gasteiger partial charge >= 0.3 is 5.69 Å². The van der Waals surface area contributed by atoms with E-state index in [9.17, 15) is 14.9 Å². The van der Waals surface area contributed by atoms with E-state index in [0.29, 0.717) is 12.1 Å². The minimum absolute atomic E-state index is 0.0719. The Bertz CT molecular complexity index is 506. The van der Waals surface area contributed by atoms with E-state index in [4.69, 9.17) is 5.73 Å². The number of carbonyl (C=O) groups is 1. The molecule has 17 heavy (non-hydrogen) atoms. The highest BCUT2D eigenvalue weighted by molar-refractivity contribution is 5.80. The van der Waals surface area contributed by atoms with Crippen LogP contribution in [-0.4, -0.2) is 20.6 Å². The zero-order valence-electron chi connectivity index (χ0n) is 9.07. The van der Waals surface area contributed by atoms with Crippen molar-refractivity contribution in [2.75, 3.05) is 0 Å². The third-order valence-electron chi connectivity index (χ3n) is 3.36. The van der Waals surface area contributed by atoms with E-state index in [1.54, 1.807) is 4.68 Å². The number of nitrogens with zero attached hydrogens (tertiary/aromatic N) is 3. The Morgan fingerprint density at radius 3 is 2.76 bits per heavy atom. The highest BCUT2D eigenvalue weighted by atomic mass is 16.6. The lowest BCUT2D eigenvalue weighted by atomic mass is 10.3. The summed E-state index contributed by atoms with van der Waals surface area (Å²) >= 11 is 0. The Hall–Kier alpha value is -1.92. The second-order valence-electron chi connectivity index (χ2n) is 4.72. The first kappa shape index (κ1) is 10.2. The molecule has 2 atom stereocenters. The summed E-state index contributed by atoms with van der Waals surface area (Å²) < 4.78 is 1.54. The molecule has 0 radical (unpaired) electrons. The van der Waals surface area contributed by atoms with Crippen molar-refractivity contribution in [1.82, 2.24) is 9.78 Å². The second kappa shape index (κ2) is 3.28. The van der Waals surface area contributed by atoms with Gasteiger partial charge in [-0.25, -0.2) is 0 Å². The van der Waals surface area contributed by atoms with E-state index < -0.39 is 4.92 Å². The largest absolute Gasteiger partial charge is 0.369 e. The van der Waals surface area contributed by atoms with Crippen molar-refractivity contribution < 1.29 is 9.72 Å². The van der Waals surface area contributed by atoms with Gasteiger partial charge in [0.25, 0.3) is 0 Å². The van der Waals surface area contributed by atoms with Crippen LogP contribution in [0.5, 0.6) is 0 Å². The molecular formula is C10H12N4O3. The lowest BCUT2D eigenvalue weighted by Gasteiger charge is -1.96. The molecule has 0 aliphatic heterocycles. The average Bonchev–Trinajstić information content (AvgIpc) is 3.15. The molecule has 1 amide bonds. The molecule has 7 heteroatoms. The van der Waals surface area contributed by atoms with Gasteiger partial charge in [0.1, 0.15) is 11.9 Å². The molecule has 0 unspecified atom stereocenters. The molecule has 0 aromatic carbocycles. The van der Waals surface area contributed by atoms with E-state index in [2.05, 4.69) is 5.10 Å². The van der Waals surface area contributed by atoms with Crippen LogP contribution < -0.4 is 5.73 Å². The molecule has 0 spiro atoms. The Labute approximate surface area is 96.7 Å². The molecule has 7 nitrogen and oxygen atoms in total. The van der Waals surface area contributed by atoms with Crippen LogP contribution >= 0.6 is 0 Å². The van der Waals surface area contributed by atoms with Crippen molar-refractivity contribution in [3.05, 3.63) is 22.0 Å². The maximum absolute atomic E-state index is 11.0. The summed E-state index contributed by atoms with van der Waals surface area (Å²) in [6.07, 6.45) is 3.99. The minimum Gasteiger partial charge on any atom is -0.369 e. The van der Waals surface area contributed by atoms with Gasteiger partial charge < -0.3 is 5.73 Å². The zero-order chi connectivity index (χ0) is 12.2. The number of aromatic nitrogens is 2. The molecule has 0 saturated heterocycles. The van der Waals surface area contributed by atoms with Crippen molar-refractivity contribution in [3.63, 3.8) is 0 Å². The van der Waals surface area contributed by atoms with Crippen LogP contribution in [0.2, 0.25) is 0 Å². The quantitative estimate of drug-likeness (QED) is 0.614. The number of primary amides is 1. The lowest BCUT2D eigenvalue weighted by molar-refractivity contribution is -0.385. The number of hydrogen-bond acceptors (Lipinski definition) is 4. The van der Waals surface area contributed by atoms with Crippen molar-refractivity contribution in [1.29, 1.82) is 0 Å². The van der Waals surface area contributed by atoms with Gasteiger partial charge in [0.2, 0.25) is 5.91 Å². The molecule has 2 saturated carbocycles. The summed E-state index contributed by atoms with van der Waals surface area (Å²) in [6.45, 7) is 0. The van der Waals surface area contributed by atoms with Gasteiger partial charge in [0.15, 0.2) is 0 Å². The zero-order valence-corrected chi connectivity index (χ0v) is 9.07. The summed E-state index contributed by atoms with van der Waals surface area (Å²) in [5.74, 6) is -0.356. The van der Waals surface area contributed by atoms with Crippen molar-refractivity contribution in [2.45, 2.75) is 31.2 Å². The Morgan fingerprint density at radius 1 is 1.59 bits per heavy atom. The van der Waals surface area contributed by atoms with Crippen LogP contribution in [-0.2, 0) is 4.79 Å². The molecular weight excluding hydrogens is 224 g/mol. The Balaban J connectivity index is 1.89. The van der Waals surface area contributed by atoms with E-state index >= 15 is 0 Å². The molecule has 3 rings (SSSR count). The Kier molecular flexibility index (Phi) is 1.98. The molecule has 2 N–H and O–H groups in total. The van der Waals surface area contributed by atoms with Crippen LogP contribution in [0.4, 0.5) is 5.69 Å². The predicted octanol–water partition coefficient (Wildman–Crippen LogP) is 0.715. The van der Waals surface area contributed by atoms with Gasteiger partial charge in [-0.3, -0.25) is 19.6 Å². The molecule has 1 aromatic heterocycles. The smallest absolute Gasteiger partial charge is 0.310 e. The second-order valence-corrected chi connectivity index (χ2v) is 4.72. The van der Waals surface area contributed by atoms with E-state index in [-0.39, 0.29) is 29.5 Å². The van der Waals surface area contributed by atoms with Crippen LogP contribution in [0.1, 0.15) is 36.9 Å². The number of rotatable bonds is 4. The molecule has 1 heterocycles. The SMILES string of the molecule is NC(=O)[C@H]1C[C@H]1n1cc([N+](=O)[O-])c(C2CC2)n1. The average molecular weight is 236 g/mol. The minimum atomic E-state index is -0.404. The van der Waals surface area contributed by atoms with Gasteiger partial charge in [0, 0.05) is 5.92 Å². The van der Waals surface area contributed by atoms with Gasteiger partial charge in [0.05, 0.1) is 16.9 Å². The van der Waals surface area contributed by atoms with Crippen LogP contribution in [0, 0.1) is 16.0 Å². The van der Waals surface area contributed by atoms with Gasteiger partial charge in [-0.05, 0) is 19.3 Å². The molecule has 2 aliphatic carbocycles. The molecule has 2 fully saturated rings. The van der Waals surface area contributed by atoms with E-state index in [1.165, 1.54) is 6.20 Å². The molecule has 2 aliphatic rings. The first-order chi connectivity index (χ1) is 8.08. The number of carbonyl (C=O) groups excluding carboxylic acids is 1. The highest BCUT2D eigenvalue weighted by Gasteiger charge is 2.46. The van der Waals surface area contributed by atoms with Gasteiger partial charge in [-0.15, -0.1) is 0 Å². The fourth-order valence-electron chi connectivity index (χ4n) is 2.13. The fraction of sp³-hybridized carbons (Fsp3) is 0.600. The molecule has 0 bridgehead atoms. The third kappa shape index (κ3) is 1.67. The Morgan fingerprint density at radius 2 is 2.29 bits per heavy atom. The summed E-state index contributed by atoms with van der Waals surface area (Å²) in [5, 5.41) is 15.1. The number of amides is 1. The summed E-state index contributed by atoms with van der Waals surface area (Å²) in [7, 11) is 0. The lowest BCUT2D eigenvalue weighted by Crippen LogP contribution is -2.15. The molecule has 90 valence electrons. The van der Waals surface area contributed by atoms with E-state index in [0.717, 1.165) is 12.8 Å². The van der Waals surface area contributed by atoms with Crippen molar-refractivity contribution in [2.24, 2.45) is 11.7 Å². The van der Waals surface area contributed by atoms with Gasteiger partial charge in [-0.2, -0.15) is 5.10 Å². The van der Waals surface area contributed by atoms with Crippen molar-refractivity contribution in [3.8, 4) is 0 Å². The van der Waals surface area contributed by atoms with Crippen molar-refractivity contribution >= 4 is 11.6 Å². The standard InChI is InChI=1S/C10H12N4O3/c11-10(15)6-3-7(6)13-4-8(14(16)17)9(12-13)5-1-2-5/h4-7H,1-3H2,(H2,11,15)/t6-,7+/m0/s1. The highest BCUT2D eigenvalue weighted by Crippen LogP contribution is 2.47. The monoisotopic (exact) mass is 236 g/mol. The topological polar surface area (TPSA) is 104 Å². The number of hydrogen-bond donors (Lipinski definition) is 1. The van der Waals surface area contributed by atoms with Crippen LogP contribution in [0.25, 0.3) is 0 Å². The van der Waals surface area contributed by atoms with Gasteiger partial charge in [-0.1, -0.05) is 0 Å². The predicted molar refractivity (Wildman–Crippen MR) is 57.2 cm³/mol. The summed E-state index contributed by atoms with van der Waals surface area (Å²) in [4.78, 5) is 21.4. The van der Waals surface area contributed by atoms with Crippen LogP contribution in [0.3, 0.4) is 0 Å². The normalized spacial score (nSPS) is 26.8. The fourth-order valence-corrected chi connectivity index (χ4v) is 2.13. The maximum atomic E-state index is 11.0. The van der Waals surface area contributed by atoms with Crippen LogP contribution in [0.15, 0.2) is 6.20 Å². The number of nitrogens with two attached hydrogens (primary N) is 1. The summed E-state index contributed by atoms with van der Waals surface area (Å²) in [5.41, 5.74) is 5.82. The molecule has 1 aromatic rings. The third-order valence-corrected chi connectivity index (χ3v) is 3.36. The first-order valence-corrected chi connectivity index (χ1v) is 5.60.